The van der Waals surface area contributed by atoms with Crippen LogP contribution < -0.4 is 15.7 Å². The van der Waals surface area contributed by atoms with Crippen LogP contribution in [0.4, 0.5) is 5.69 Å². The molecule has 0 aliphatic carbocycles. The Morgan fingerprint density at radius 1 is 1.10 bits per heavy atom. The van der Waals surface area contributed by atoms with Gasteiger partial charge in [0.15, 0.2) is 6.61 Å². The van der Waals surface area contributed by atoms with Crippen molar-refractivity contribution in [1.29, 1.82) is 0 Å². The van der Waals surface area contributed by atoms with E-state index in [9.17, 15) is 14.4 Å². The van der Waals surface area contributed by atoms with E-state index in [1.54, 1.807) is 32.0 Å². The summed E-state index contributed by atoms with van der Waals surface area (Å²) in [7, 11) is 1.28. The normalized spacial score (nSPS) is 10.6. The molecule has 3 aromatic rings. The average Bonchev–Trinajstić information content (AvgIpc) is 2.68. The molecular weight excluding hydrogens is 398 g/mol. The van der Waals surface area contributed by atoms with E-state index in [4.69, 9.17) is 20.8 Å². The van der Waals surface area contributed by atoms with Crippen LogP contribution in [0.1, 0.15) is 21.5 Å². The highest BCUT2D eigenvalue weighted by molar-refractivity contribution is 6.32. The minimum absolute atomic E-state index is 0.211. The van der Waals surface area contributed by atoms with Crippen molar-refractivity contribution in [3.63, 3.8) is 0 Å². The number of hydrogen-bond acceptors (Lipinski definition) is 6. The van der Waals surface area contributed by atoms with Gasteiger partial charge in [-0.2, -0.15) is 0 Å². The van der Waals surface area contributed by atoms with E-state index in [0.29, 0.717) is 22.2 Å². The van der Waals surface area contributed by atoms with E-state index in [0.717, 1.165) is 11.1 Å². The topological polar surface area (TPSA) is 94.8 Å². The van der Waals surface area contributed by atoms with Gasteiger partial charge >= 0.3 is 11.6 Å². The lowest BCUT2D eigenvalue weighted by Crippen LogP contribution is -2.21. The Morgan fingerprint density at radius 2 is 1.86 bits per heavy atom. The molecule has 1 N–H and O–H groups in total. The van der Waals surface area contributed by atoms with Gasteiger partial charge in [0.2, 0.25) is 0 Å². The third-order valence-electron chi connectivity index (χ3n) is 4.30. The Bertz CT molecular complexity index is 1170. The van der Waals surface area contributed by atoms with Crippen LogP contribution in [0.25, 0.3) is 11.0 Å². The molecule has 0 bridgehead atoms. The van der Waals surface area contributed by atoms with E-state index in [2.05, 4.69) is 10.1 Å². The predicted molar refractivity (Wildman–Crippen MR) is 109 cm³/mol. The lowest BCUT2D eigenvalue weighted by molar-refractivity contribution is -0.118. The Balaban J connectivity index is 1.75. The molecule has 150 valence electrons. The Labute approximate surface area is 171 Å². The van der Waals surface area contributed by atoms with E-state index in [-0.39, 0.29) is 17.4 Å². The highest BCUT2D eigenvalue weighted by Gasteiger charge is 2.13. The molecule has 1 amide bonds. The van der Waals surface area contributed by atoms with Crippen molar-refractivity contribution >= 4 is 40.1 Å². The SMILES string of the molecule is COC(=O)c1ccc(C)c(NC(=O)COc2cc3oc(=O)cc(C)c3cc2Cl)c1. The highest BCUT2D eigenvalue weighted by atomic mass is 35.5. The Morgan fingerprint density at radius 3 is 2.59 bits per heavy atom. The van der Waals surface area contributed by atoms with Gasteiger partial charge in [-0.15, -0.1) is 0 Å². The molecule has 0 saturated carbocycles. The lowest BCUT2D eigenvalue weighted by atomic mass is 10.1. The highest BCUT2D eigenvalue weighted by Crippen LogP contribution is 2.31. The summed E-state index contributed by atoms with van der Waals surface area (Å²) in [6.07, 6.45) is 0. The van der Waals surface area contributed by atoms with Crippen LogP contribution >= 0.6 is 11.6 Å². The number of fused-ring (bicyclic) bond motifs is 1. The average molecular weight is 416 g/mol. The van der Waals surface area contributed by atoms with Crippen LogP contribution in [-0.4, -0.2) is 25.6 Å². The van der Waals surface area contributed by atoms with Gasteiger partial charge in [0, 0.05) is 23.2 Å². The van der Waals surface area contributed by atoms with E-state index in [1.165, 1.54) is 25.3 Å². The number of benzene rings is 2. The van der Waals surface area contributed by atoms with Crippen LogP contribution in [0.15, 0.2) is 45.6 Å². The number of esters is 1. The van der Waals surface area contributed by atoms with E-state index in [1.807, 2.05) is 0 Å². The second-order valence-corrected chi connectivity index (χ2v) is 6.79. The van der Waals surface area contributed by atoms with Gasteiger partial charge in [-0.1, -0.05) is 17.7 Å². The number of halogens is 1. The third kappa shape index (κ3) is 4.57. The first-order valence-corrected chi connectivity index (χ1v) is 9.02. The quantitative estimate of drug-likeness (QED) is 0.502. The van der Waals surface area contributed by atoms with E-state index < -0.39 is 17.5 Å². The van der Waals surface area contributed by atoms with Gasteiger partial charge in [0.05, 0.1) is 17.7 Å². The summed E-state index contributed by atoms with van der Waals surface area (Å²) in [6, 6.07) is 9.30. The first-order valence-electron chi connectivity index (χ1n) is 8.64. The molecule has 1 aromatic heterocycles. The molecule has 0 aliphatic rings. The molecule has 0 saturated heterocycles. The van der Waals surface area contributed by atoms with Gasteiger partial charge in [-0.3, -0.25) is 4.79 Å². The second kappa shape index (κ2) is 8.36. The fourth-order valence-corrected chi connectivity index (χ4v) is 2.98. The minimum Gasteiger partial charge on any atom is -0.482 e. The van der Waals surface area contributed by atoms with Crippen LogP contribution in [-0.2, 0) is 9.53 Å². The number of carbonyl (C=O) groups excluding carboxylic acids is 2. The number of amides is 1. The zero-order valence-corrected chi connectivity index (χ0v) is 16.8. The maximum atomic E-state index is 12.3. The van der Waals surface area contributed by atoms with Gasteiger partial charge in [-0.25, -0.2) is 9.59 Å². The zero-order valence-electron chi connectivity index (χ0n) is 16.0. The van der Waals surface area contributed by atoms with Crippen molar-refractivity contribution in [2.75, 3.05) is 19.0 Å². The Hall–Kier alpha value is -3.32. The van der Waals surface area contributed by atoms with Crippen LogP contribution in [0.3, 0.4) is 0 Å². The molecule has 0 fully saturated rings. The minimum atomic E-state index is -0.503. The molecule has 0 unspecified atom stereocenters. The number of carbonyl (C=O) groups is 2. The number of methoxy groups -OCH3 is 1. The maximum absolute atomic E-state index is 12.3. The zero-order chi connectivity index (χ0) is 21.1. The molecule has 29 heavy (non-hydrogen) atoms. The summed E-state index contributed by atoms with van der Waals surface area (Å²) >= 11 is 6.23. The van der Waals surface area contributed by atoms with Crippen molar-refractivity contribution in [3.05, 3.63) is 68.5 Å². The molecule has 0 aliphatic heterocycles. The Kier molecular flexibility index (Phi) is 5.89. The summed E-state index contributed by atoms with van der Waals surface area (Å²) in [4.78, 5) is 35.5. The smallest absolute Gasteiger partial charge is 0.337 e. The predicted octanol–water partition coefficient (Wildman–Crippen LogP) is 3.87. The lowest BCUT2D eigenvalue weighted by Gasteiger charge is -2.12. The van der Waals surface area contributed by atoms with E-state index >= 15 is 0 Å². The van der Waals surface area contributed by atoms with Crippen molar-refractivity contribution in [2.24, 2.45) is 0 Å². The molecule has 0 atom stereocenters. The third-order valence-corrected chi connectivity index (χ3v) is 4.59. The summed E-state index contributed by atoms with van der Waals surface area (Å²) < 4.78 is 15.3. The molecule has 2 aromatic carbocycles. The molecule has 0 spiro atoms. The summed E-state index contributed by atoms with van der Waals surface area (Å²) in [6.45, 7) is 3.24. The van der Waals surface area contributed by atoms with Crippen LogP contribution in [0.2, 0.25) is 5.02 Å². The summed E-state index contributed by atoms with van der Waals surface area (Å²) in [5.74, 6) is -0.739. The van der Waals surface area contributed by atoms with Gasteiger partial charge in [-0.05, 0) is 43.2 Å². The first-order chi connectivity index (χ1) is 13.8. The van der Waals surface area contributed by atoms with Crippen LogP contribution in [0.5, 0.6) is 5.75 Å². The van der Waals surface area contributed by atoms with Crippen molar-refractivity contribution in [2.45, 2.75) is 13.8 Å². The van der Waals surface area contributed by atoms with Crippen molar-refractivity contribution < 1.29 is 23.5 Å². The molecule has 0 radical (unpaired) electrons. The molecular formula is C21H18ClNO6. The maximum Gasteiger partial charge on any atom is 0.337 e. The fraction of sp³-hybridized carbons (Fsp3) is 0.190. The van der Waals surface area contributed by atoms with Crippen LogP contribution in [0, 0.1) is 13.8 Å². The number of aryl methyl sites for hydroxylation is 2. The summed E-state index contributed by atoms with van der Waals surface area (Å²) in [5.41, 5.74) is 2.11. The molecule has 8 heteroatoms. The molecule has 3 rings (SSSR count). The number of nitrogens with one attached hydrogen (secondary N) is 1. The second-order valence-electron chi connectivity index (χ2n) is 6.39. The monoisotopic (exact) mass is 415 g/mol. The molecule has 7 nitrogen and oxygen atoms in total. The number of ether oxygens (including phenoxy) is 2. The summed E-state index contributed by atoms with van der Waals surface area (Å²) in [5, 5.41) is 3.65. The standard InChI is InChI=1S/C21H18ClNO6/c1-11-4-5-13(21(26)27-3)7-16(11)23-19(24)10-28-18-9-17-14(8-15(18)22)12(2)6-20(25)29-17/h4-9H,10H2,1-3H3,(H,23,24). The van der Waals surface area contributed by atoms with Gasteiger partial charge in [0.1, 0.15) is 11.3 Å². The van der Waals surface area contributed by atoms with Gasteiger partial charge < -0.3 is 19.2 Å². The number of anilines is 1. The van der Waals surface area contributed by atoms with Crippen molar-refractivity contribution in [3.8, 4) is 5.75 Å². The van der Waals surface area contributed by atoms with Gasteiger partial charge in [0.25, 0.3) is 5.91 Å². The largest absolute Gasteiger partial charge is 0.482 e. The number of rotatable bonds is 5. The molecule has 1 heterocycles. The number of hydrogen-bond donors (Lipinski definition) is 1. The fourth-order valence-electron chi connectivity index (χ4n) is 2.76. The first kappa shape index (κ1) is 20.4. The van der Waals surface area contributed by atoms with Crippen molar-refractivity contribution in [1.82, 2.24) is 0 Å².